The molecule has 3 aliphatic rings. The van der Waals surface area contributed by atoms with Crippen LogP contribution in [0, 0.1) is 5.92 Å². The first kappa shape index (κ1) is 15.9. The van der Waals surface area contributed by atoms with Crippen LogP contribution in [0.5, 0.6) is 0 Å². The summed E-state index contributed by atoms with van der Waals surface area (Å²) in [6.07, 6.45) is 5.44. The molecule has 0 N–H and O–H groups in total. The van der Waals surface area contributed by atoms with E-state index in [0.717, 1.165) is 43.8 Å². The number of piperidine rings is 2. The third-order valence-corrected chi connectivity index (χ3v) is 7.34. The molecule has 0 saturated carbocycles. The van der Waals surface area contributed by atoms with Crippen molar-refractivity contribution in [1.82, 2.24) is 9.21 Å². The summed E-state index contributed by atoms with van der Waals surface area (Å²) in [5, 5.41) is 0.774. The molecule has 0 aliphatic carbocycles. The summed E-state index contributed by atoms with van der Waals surface area (Å²) in [7, 11) is -3.13. The number of rotatable bonds is 1. The monoisotopic (exact) mass is 354 g/mol. The Hall–Kier alpha value is -0.620. The van der Waals surface area contributed by atoms with Gasteiger partial charge in [-0.3, -0.25) is 4.90 Å². The Balaban J connectivity index is 1.69. The summed E-state index contributed by atoms with van der Waals surface area (Å²) in [5.41, 5.74) is 2.68. The molecule has 0 spiro atoms. The highest BCUT2D eigenvalue weighted by molar-refractivity contribution is 7.88. The molecule has 1 aromatic rings. The van der Waals surface area contributed by atoms with Crippen LogP contribution < -0.4 is 0 Å². The molecule has 1 aromatic carbocycles. The lowest BCUT2D eigenvalue weighted by atomic mass is 9.77. The third-order valence-electron chi connectivity index (χ3n) is 5.80. The number of fused-ring (bicyclic) bond motifs is 4. The Bertz CT molecular complexity index is 721. The van der Waals surface area contributed by atoms with Gasteiger partial charge < -0.3 is 0 Å². The largest absolute Gasteiger partial charge is 0.296 e. The highest BCUT2D eigenvalue weighted by Crippen LogP contribution is 2.43. The summed E-state index contributed by atoms with van der Waals surface area (Å²) in [6.45, 7) is 2.75. The molecule has 126 valence electrons. The van der Waals surface area contributed by atoms with Gasteiger partial charge in [-0.15, -0.1) is 0 Å². The van der Waals surface area contributed by atoms with Crippen LogP contribution in [0.25, 0.3) is 0 Å². The molecule has 2 saturated heterocycles. The van der Waals surface area contributed by atoms with Crippen LogP contribution in [0.1, 0.15) is 36.4 Å². The second-order valence-corrected chi connectivity index (χ2v) is 9.55. The van der Waals surface area contributed by atoms with Crippen molar-refractivity contribution in [3.63, 3.8) is 0 Å². The fraction of sp³-hybridized carbons (Fsp3) is 0.647. The van der Waals surface area contributed by atoms with Gasteiger partial charge in [-0.2, -0.15) is 4.31 Å². The minimum absolute atomic E-state index is 0.143. The van der Waals surface area contributed by atoms with Crippen LogP contribution in [0.3, 0.4) is 0 Å². The second-order valence-electron chi connectivity index (χ2n) is 7.18. The molecule has 3 heterocycles. The molecule has 0 unspecified atom stereocenters. The lowest BCUT2D eigenvalue weighted by molar-refractivity contribution is 0.0222. The van der Waals surface area contributed by atoms with Gasteiger partial charge in [-0.25, -0.2) is 8.42 Å². The lowest BCUT2D eigenvalue weighted by Gasteiger charge is -2.51. The number of hydrogen-bond acceptors (Lipinski definition) is 3. The van der Waals surface area contributed by atoms with Gasteiger partial charge in [0, 0.05) is 36.7 Å². The number of hydrogen-bond donors (Lipinski definition) is 0. The first-order chi connectivity index (χ1) is 10.9. The molecule has 0 aromatic heterocycles. The average Bonchev–Trinajstić information content (AvgIpc) is 2.51. The third kappa shape index (κ3) is 2.82. The van der Waals surface area contributed by atoms with E-state index >= 15 is 0 Å². The SMILES string of the molecule is CS(=O)(=O)N1CCC[C@@H]2CN3CCc4ccc(Cl)cc4[C@H]3C[C@@H]21. The standard InChI is InChI=1S/C17H23ClN2O2S/c1-23(21,22)20-7-2-3-13-11-19-8-6-12-4-5-14(18)9-15(12)17(19)10-16(13)20/h4-5,9,13,16-17H,2-3,6-8,10-11H2,1H3/t13-,16+,17-/m1/s1. The van der Waals surface area contributed by atoms with E-state index in [1.165, 1.54) is 17.4 Å². The van der Waals surface area contributed by atoms with Crippen molar-refractivity contribution >= 4 is 21.6 Å². The van der Waals surface area contributed by atoms with E-state index in [1.54, 1.807) is 4.31 Å². The summed E-state index contributed by atoms with van der Waals surface area (Å²) in [4.78, 5) is 2.55. The molecular formula is C17H23ClN2O2S. The van der Waals surface area contributed by atoms with E-state index in [1.807, 2.05) is 6.07 Å². The summed E-state index contributed by atoms with van der Waals surface area (Å²) in [5.74, 6) is 0.468. The maximum absolute atomic E-state index is 12.2. The zero-order valence-electron chi connectivity index (χ0n) is 13.4. The maximum atomic E-state index is 12.2. The van der Waals surface area contributed by atoms with E-state index in [0.29, 0.717) is 18.5 Å². The summed E-state index contributed by atoms with van der Waals surface area (Å²) >= 11 is 6.22. The lowest BCUT2D eigenvalue weighted by Crippen LogP contribution is -2.57. The van der Waals surface area contributed by atoms with Gasteiger partial charge in [-0.05, 0) is 54.9 Å². The molecule has 0 radical (unpaired) electrons. The topological polar surface area (TPSA) is 40.6 Å². The van der Waals surface area contributed by atoms with E-state index < -0.39 is 10.0 Å². The number of sulfonamides is 1. The van der Waals surface area contributed by atoms with Crippen LogP contribution >= 0.6 is 11.6 Å². The van der Waals surface area contributed by atoms with Gasteiger partial charge in [-0.1, -0.05) is 17.7 Å². The van der Waals surface area contributed by atoms with Gasteiger partial charge in [0.05, 0.1) is 6.26 Å². The van der Waals surface area contributed by atoms with Crippen LogP contribution in [0.15, 0.2) is 18.2 Å². The first-order valence-corrected chi connectivity index (χ1v) is 10.7. The normalized spacial score (nSPS) is 32.0. The van der Waals surface area contributed by atoms with E-state index in [-0.39, 0.29) is 6.04 Å². The molecule has 0 amide bonds. The molecule has 0 bridgehead atoms. The van der Waals surface area contributed by atoms with Gasteiger partial charge in [0.15, 0.2) is 0 Å². The van der Waals surface area contributed by atoms with Gasteiger partial charge in [0.1, 0.15) is 0 Å². The van der Waals surface area contributed by atoms with Crippen molar-refractivity contribution in [2.75, 3.05) is 25.9 Å². The van der Waals surface area contributed by atoms with Crippen LogP contribution in [0.4, 0.5) is 0 Å². The molecule has 4 rings (SSSR count). The quantitative estimate of drug-likeness (QED) is 0.778. The molecule has 2 fully saturated rings. The maximum Gasteiger partial charge on any atom is 0.211 e. The Labute approximate surface area is 143 Å². The Morgan fingerprint density at radius 2 is 2.09 bits per heavy atom. The molecule has 23 heavy (non-hydrogen) atoms. The Morgan fingerprint density at radius 3 is 2.87 bits per heavy atom. The smallest absolute Gasteiger partial charge is 0.211 e. The molecular weight excluding hydrogens is 332 g/mol. The van der Waals surface area contributed by atoms with Crippen molar-refractivity contribution in [3.8, 4) is 0 Å². The Morgan fingerprint density at radius 1 is 1.26 bits per heavy atom. The minimum Gasteiger partial charge on any atom is -0.296 e. The summed E-state index contributed by atoms with van der Waals surface area (Å²) < 4.78 is 26.1. The minimum atomic E-state index is -3.13. The second kappa shape index (κ2) is 5.73. The van der Waals surface area contributed by atoms with Crippen molar-refractivity contribution in [1.29, 1.82) is 0 Å². The fourth-order valence-corrected chi connectivity index (χ4v) is 6.17. The van der Waals surface area contributed by atoms with Crippen LogP contribution in [0.2, 0.25) is 5.02 Å². The molecule has 6 heteroatoms. The van der Waals surface area contributed by atoms with Crippen molar-refractivity contribution in [2.45, 2.75) is 37.8 Å². The highest BCUT2D eigenvalue weighted by Gasteiger charge is 2.44. The first-order valence-electron chi connectivity index (χ1n) is 8.42. The molecule has 3 atom stereocenters. The van der Waals surface area contributed by atoms with Crippen LogP contribution in [-0.4, -0.2) is 49.6 Å². The number of nitrogens with zero attached hydrogens (tertiary/aromatic N) is 2. The fourth-order valence-electron chi connectivity index (χ4n) is 4.78. The van der Waals surface area contributed by atoms with Crippen LogP contribution in [-0.2, 0) is 16.4 Å². The molecule has 4 nitrogen and oxygen atoms in total. The highest BCUT2D eigenvalue weighted by atomic mass is 35.5. The Kier molecular flexibility index (Phi) is 3.95. The summed E-state index contributed by atoms with van der Waals surface area (Å²) in [6, 6.07) is 6.63. The van der Waals surface area contributed by atoms with E-state index in [9.17, 15) is 8.42 Å². The zero-order valence-corrected chi connectivity index (χ0v) is 15.0. The molecule has 3 aliphatic heterocycles. The number of halogens is 1. The van der Waals surface area contributed by atoms with E-state index in [4.69, 9.17) is 11.6 Å². The van der Waals surface area contributed by atoms with Crippen molar-refractivity contribution in [3.05, 3.63) is 34.3 Å². The number of benzene rings is 1. The van der Waals surface area contributed by atoms with Crippen molar-refractivity contribution in [2.24, 2.45) is 5.92 Å². The van der Waals surface area contributed by atoms with Gasteiger partial charge in [0.25, 0.3) is 0 Å². The van der Waals surface area contributed by atoms with E-state index in [2.05, 4.69) is 17.0 Å². The predicted octanol–water partition coefficient (Wildman–Crippen LogP) is 2.68. The predicted molar refractivity (Wildman–Crippen MR) is 92.1 cm³/mol. The zero-order chi connectivity index (χ0) is 16.2. The van der Waals surface area contributed by atoms with Gasteiger partial charge >= 0.3 is 0 Å². The van der Waals surface area contributed by atoms with Gasteiger partial charge in [0.2, 0.25) is 10.0 Å². The average molecular weight is 355 g/mol. The van der Waals surface area contributed by atoms with Crippen molar-refractivity contribution < 1.29 is 8.42 Å².